The number of amides is 2. The smallest absolute Gasteiger partial charge is 0.236 e. The molecule has 0 unspecified atom stereocenters. The van der Waals surface area contributed by atoms with Gasteiger partial charge >= 0.3 is 0 Å². The van der Waals surface area contributed by atoms with Gasteiger partial charge in [0.15, 0.2) is 0 Å². The Kier molecular flexibility index (Phi) is 4.55. The lowest BCUT2D eigenvalue weighted by Gasteiger charge is -2.16. The predicted molar refractivity (Wildman–Crippen MR) is 57.3 cm³/mol. The molecule has 0 aromatic heterocycles. The Balaban J connectivity index is 2.10. The first-order valence-corrected chi connectivity index (χ1v) is 5.31. The van der Waals surface area contributed by atoms with Crippen molar-refractivity contribution in [3.63, 3.8) is 0 Å². The Hall–Kier alpha value is -1.10. The van der Waals surface area contributed by atoms with Crippen molar-refractivity contribution in [3.05, 3.63) is 0 Å². The van der Waals surface area contributed by atoms with Gasteiger partial charge in [0.05, 0.1) is 6.54 Å². The molecule has 1 fully saturated rings. The van der Waals surface area contributed by atoms with Gasteiger partial charge in [-0.1, -0.05) is 0 Å². The van der Waals surface area contributed by atoms with E-state index in [-0.39, 0.29) is 11.8 Å². The summed E-state index contributed by atoms with van der Waals surface area (Å²) in [4.78, 5) is 24.0. The molecule has 0 aromatic carbocycles. The molecule has 2 amide bonds. The van der Waals surface area contributed by atoms with E-state index in [1.807, 2.05) is 0 Å². The lowest BCUT2D eigenvalue weighted by molar-refractivity contribution is -0.129. The summed E-state index contributed by atoms with van der Waals surface area (Å²) in [5.41, 5.74) is 0. The van der Waals surface area contributed by atoms with Gasteiger partial charge in [0.1, 0.15) is 0 Å². The molecule has 0 aliphatic heterocycles. The van der Waals surface area contributed by atoms with Gasteiger partial charge in [-0.05, 0) is 12.8 Å². The molecule has 2 N–H and O–H groups in total. The van der Waals surface area contributed by atoms with E-state index < -0.39 is 0 Å². The molecule has 15 heavy (non-hydrogen) atoms. The molecule has 5 heteroatoms. The predicted octanol–water partition coefficient (Wildman–Crippen LogP) is -0.667. The van der Waals surface area contributed by atoms with E-state index in [2.05, 4.69) is 10.6 Å². The molecule has 1 aliphatic carbocycles. The molecular weight excluding hydrogens is 194 g/mol. The van der Waals surface area contributed by atoms with Crippen LogP contribution in [0.5, 0.6) is 0 Å². The van der Waals surface area contributed by atoms with E-state index >= 15 is 0 Å². The largest absolute Gasteiger partial charge is 0.359 e. The first-order valence-electron chi connectivity index (χ1n) is 5.31. The Labute approximate surface area is 90.2 Å². The van der Waals surface area contributed by atoms with Crippen LogP contribution in [0, 0.1) is 0 Å². The zero-order valence-electron chi connectivity index (χ0n) is 9.38. The van der Waals surface area contributed by atoms with Crippen molar-refractivity contribution in [2.24, 2.45) is 0 Å². The molecule has 0 radical (unpaired) electrons. The second kappa shape index (κ2) is 5.70. The highest BCUT2D eigenvalue weighted by Crippen LogP contribution is 2.18. The van der Waals surface area contributed by atoms with Crippen molar-refractivity contribution < 1.29 is 9.59 Å². The van der Waals surface area contributed by atoms with Crippen molar-refractivity contribution in [3.8, 4) is 0 Å². The number of nitrogens with zero attached hydrogens (tertiary/aromatic N) is 1. The minimum absolute atomic E-state index is 0.0372. The summed E-state index contributed by atoms with van der Waals surface area (Å²) in [6.45, 7) is 0.861. The quantitative estimate of drug-likeness (QED) is 0.615. The summed E-state index contributed by atoms with van der Waals surface area (Å²) in [5, 5.41) is 5.67. The van der Waals surface area contributed by atoms with Gasteiger partial charge in [-0.2, -0.15) is 0 Å². The van der Waals surface area contributed by atoms with E-state index in [1.54, 1.807) is 19.0 Å². The number of nitrogens with one attached hydrogen (secondary N) is 2. The molecule has 1 rings (SSSR count). The molecule has 0 bridgehead atoms. The Bertz CT molecular complexity index is 239. The Morgan fingerprint density at radius 2 is 2.07 bits per heavy atom. The average molecular weight is 213 g/mol. The van der Waals surface area contributed by atoms with Gasteiger partial charge < -0.3 is 15.5 Å². The number of carbonyl (C=O) groups excluding carboxylic acids is 2. The molecule has 5 nitrogen and oxygen atoms in total. The SMILES string of the molecule is CNC(=O)CCN(C)C(=O)CNC1CC1. The maximum Gasteiger partial charge on any atom is 0.236 e. The number of hydrogen-bond donors (Lipinski definition) is 2. The van der Waals surface area contributed by atoms with Crippen molar-refractivity contribution >= 4 is 11.8 Å². The minimum atomic E-state index is -0.0372. The summed E-state index contributed by atoms with van der Waals surface area (Å²) in [7, 11) is 3.32. The number of likely N-dealkylation sites (N-methyl/N-ethyl adjacent to an activating group) is 1. The molecule has 0 saturated heterocycles. The van der Waals surface area contributed by atoms with Gasteiger partial charge in [-0.15, -0.1) is 0 Å². The second-order valence-corrected chi connectivity index (χ2v) is 3.89. The van der Waals surface area contributed by atoms with Crippen LogP contribution in [0.4, 0.5) is 0 Å². The normalized spacial score (nSPS) is 14.8. The number of carbonyl (C=O) groups is 2. The third kappa shape index (κ3) is 4.78. The van der Waals surface area contributed by atoms with E-state index in [9.17, 15) is 9.59 Å². The summed E-state index contributed by atoms with van der Waals surface area (Å²) in [6.07, 6.45) is 2.71. The van der Waals surface area contributed by atoms with Crippen LogP contribution in [-0.4, -0.2) is 49.9 Å². The molecular formula is C10H19N3O2. The van der Waals surface area contributed by atoms with Crippen LogP contribution in [0.25, 0.3) is 0 Å². The molecule has 1 saturated carbocycles. The van der Waals surface area contributed by atoms with Crippen molar-refractivity contribution in [1.82, 2.24) is 15.5 Å². The van der Waals surface area contributed by atoms with Crippen LogP contribution in [0.2, 0.25) is 0 Å². The van der Waals surface area contributed by atoms with Gasteiger partial charge in [-0.25, -0.2) is 0 Å². The standard InChI is InChI=1S/C10H19N3O2/c1-11-9(14)5-6-13(2)10(15)7-12-8-3-4-8/h8,12H,3-7H2,1-2H3,(H,11,14). The van der Waals surface area contributed by atoms with Crippen LogP contribution in [0.3, 0.4) is 0 Å². The van der Waals surface area contributed by atoms with Gasteiger partial charge in [0, 0.05) is 33.1 Å². The van der Waals surface area contributed by atoms with E-state index in [1.165, 1.54) is 12.8 Å². The Morgan fingerprint density at radius 3 is 2.60 bits per heavy atom. The third-order valence-electron chi connectivity index (χ3n) is 2.50. The summed E-state index contributed by atoms with van der Waals surface area (Å²) < 4.78 is 0. The lowest BCUT2D eigenvalue weighted by Crippen LogP contribution is -2.38. The summed E-state index contributed by atoms with van der Waals surface area (Å²) in [5.74, 6) is 0.00982. The van der Waals surface area contributed by atoms with Crippen LogP contribution in [-0.2, 0) is 9.59 Å². The van der Waals surface area contributed by atoms with Gasteiger partial charge in [0.25, 0.3) is 0 Å². The van der Waals surface area contributed by atoms with Crippen molar-refractivity contribution in [2.45, 2.75) is 25.3 Å². The number of rotatable bonds is 6. The Morgan fingerprint density at radius 1 is 1.40 bits per heavy atom. The van der Waals surface area contributed by atoms with Crippen LogP contribution in [0.1, 0.15) is 19.3 Å². The maximum atomic E-state index is 11.5. The van der Waals surface area contributed by atoms with E-state index in [4.69, 9.17) is 0 Å². The molecule has 0 atom stereocenters. The second-order valence-electron chi connectivity index (χ2n) is 3.89. The van der Waals surface area contributed by atoms with Crippen LogP contribution >= 0.6 is 0 Å². The van der Waals surface area contributed by atoms with Crippen LogP contribution < -0.4 is 10.6 Å². The minimum Gasteiger partial charge on any atom is -0.359 e. The fourth-order valence-electron chi connectivity index (χ4n) is 1.17. The molecule has 86 valence electrons. The average Bonchev–Trinajstić information content (AvgIpc) is 3.05. The van der Waals surface area contributed by atoms with Crippen LogP contribution in [0.15, 0.2) is 0 Å². The zero-order valence-corrected chi connectivity index (χ0v) is 9.38. The fourth-order valence-corrected chi connectivity index (χ4v) is 1.17. The first kappa shape index (κ1) is 12.0. The number of hydrogen-bond acceptors (Lipinski definition) is 3. The van der Waals surface area contributed by atoms with E-state index in [0.29, 0.717) is 25.6 Å². The zero-order chi connectivity index (χ0) is 11.3. The highest BCUT2D eigenvalue weighted by molar-refractivity contribution is 5.80. The van der Waals surface area contributed by atoms with E-state index in [0.717, 1.165) is 0 Å². The molecule has 0 aromatic rings. The fraction of sp³-hybridized carbons (Fsp3) is 0.800. The first-order chi connectivity index (χ1) is 7.13. The third-order valence-corrected chi connectivity index (χ3v) is 2.50. The monoisotopic (exact) mass is 213 g/mol. The van der Waals surface area contributed by atoms with Crippen molar-refractivity contribution in [2.75, 3.05) is 27.2 Å². The van der Waals surface area contributed by atoms with Gasteiger partial charge in [0.2, 0.25) is 11.8 Å². The molecule has 1 aliphatic rings. The maximum absolute atomic E-state index is 11.5. The summed E-state index contributed by atoms with van der Waals surface area (Å²) >= 11 is 0. The van der Waals surface area contributed by atoms with Crippen molar-refractivity contribution in [1.29, 1.82) is 0 Å². The highest BCUT2D eigenvalue weighted by Gasteiger charge is 2.21. The summed E-state index contributed by atoms with van der Waals surface area (Å²) in [6, 6.07) is 0.543. The lowest BCUT2D eigenvalue weighted by atomic mass is 10.3. The van der Waals surface area contributed by atoms with Gasteiger partial charge in [-0.3, -0.25) is 9.59 Å². The highest BCUT2D eigenvalue weighted by atomic mass is 16.2. The molecule has 0 spiro atoms. The topological polar surface area (TPSA) is 61.4 Å². The molecule has 0 heterocycles.